The molecule has 0 saturated heterocycles. The predicted octanol–water partition coefficient (Wildman–Crippen LogP) is -0.629. The second-order valence-electron chi connectivity index (χ2n) is 4.27. The summed E-state index contributed by atoms with van der Waals surface area (Å²) in [5.74, 6) is 0. The van der Waals surface area contributed by atoms with Crippen molar-refractivity contribution < 1.29 is 4.79 Å². The second-order valence-corrected chi connectivity index (χ2v) is 4.27. The van der Waals surface area contributed by atoms with Gasteiger partial charge in [0, 0.05) is 5.54 Å². The molecule has 6 heteroatoms. The average Bonchev–Trinajstić information content (AvgIpc) is 2.44. The minimum Gasteiger partial charge on any atom is -0.292 e. The molecule has 6 nitrogen and oxygen atoms in total. The van der Waals surface area contributed by atoms with Crippen LogP contribution in [0.25, 0.3) is 0 Å². The van der Waals surface area contributed by atoms with E-state index in [9.17, 15) is 9.59 Å². The summed E-state index contributed by atoms with van der Waals surface area (Å²) in [7, 11) is 0. The summed E-state index contributed by atoms with van der Waals surface area (Å²) in [6.07, 6.45) is 1.39. The average molecular weight is 206 g/mol. The standard InChI is InChI=1S/C9H10N4O2/c1-9(2,3)13-4-10-6-5(7(13)14)11-8(15)12-6/h4H,1-3H3. The van der Waals surface area contributed by atoms with Crippen LogP contribution >= 0.6 is 0 Å². The molecule has 0 fully saturated rings. The van der Waals surface area contributed by atoms with Gasteiger partial charge in [0.15, 0.2) is 10.8 Å². The summed E-state index contributed by atoms with van der Waals surface area (Å²) in [4.78, 5) is 33.7. The van der Waals surface area contributed by atoms with Crippen molar-refractivity contribution in [3.05, 3.63) is 27.5 Å². The highest BCUT2D eigenvalue weighted by atomic mass is 16.2. The highest BCUT2D eigenvalue weighted by Crippen LogP contribution is 2.07. The maximum absolute atomic E-state index is 11.9. The number of rotatable bonds is 0. The maximum atomic E-state index is 11.9. The summed E-state index contributed by atoms with van der Waals surface area (Å²) in [6, 6.07) is -0.666. The lowest BCUT2D eigenvalue weighted by atomic mass is 10.1. The number of amides is 2. The Hall–Kier alpha value is -1.85. The van der Waals surface area contributed by atoms with E-state index >= 15 is 0 Å². The van der Waals surface area contributed by atoms with Gasteiger partial charge in [0.05, 0.1) is 0 Å². The highest BCUT2D eigenvalue weighted by Gasteiger charge is 2.18. The Bertz CT molecular complexity index is 606. The van der Waals surface area contributed by atoms with Gasteiger partial charge in [-0.3, -0.25) is 9.36 Å². The molecule has 0 atom stereocenters. The predicted molar refractivity (Wildman–Crippen MR) is 51.2 cm³/mol. The smallest absolute Gasteiger partial charge is 0.292 e. The molecule has 0 aromatic carbocycles. The molecule has 0 spiro atoms. The van der Waals surface area contributed by atoms with Gasteiger partial charge in [-0.25, -0.2) is 9.78 Å². The van der Waals surface area contributed by atoms with Crippen LogP contribution in [0.15, 0.2) is 21.1 Å². The zero-order valence-corrected chi connectivity index (χ0v) is 8.68. The Kier molecular flexibility index (Phi) is 1.82. The molecule has 2 amide bonds. The Morgan fingerprint density at radius 2 is 1.87 bits per heavy atom. The first-order chi connectivity index (χ1) is 6.89. The third-order valence-corrected chi connectivity index (χ3v) is 2.06. The van der Waals surface area contributed by atoms with Gasteiger partial charge < -0.3 is 0 Å². The molecule has 2 rings (SSSR count). The molecule has 0 radical (unpaired) electrons. The molecule has 0 N–H and O–H groups in total. The number of urea groups is 1. The van der Waals surface area contributed by atoms with Gasteiger partial charge in [-0.1, -0.05) is 0 Å². The van der Waals surface area contributed by atoms with E-state index in [0.717, 1.165) is 0 Å². The van der Waals surface area contributed by atoms with Crippen molar-refractivity contribution in [2.75, 3.05) is 0 Å². The Balaban J connectivity index is 2.86. The van der Waals surface area contributed by atoms with Crippen LogP contribution in [0.5, 0.6) is 0 Å². The normalized spacial score (nSPS) is 14.5. The first-order valence-corrected chi connectivity index (χ1v) is 4.49. The number of hydrogen-bond acceptors (Lipinski definition) is 3. The van der Waals surface area contributed by atoms with E-state index in [-0.39, 0.29) is 21.9 Å². The topological polar surface area (TPSA) is 76.7 Å². The summed E-state index contributed by atoms with van der Waals surface area (Å²) in [5.41, 5.74) is -0.604. The molecule has 1 aliphatic heterocycles. The first-order valence-electron chi connectivity index (χ1n) is 4.49. The first kappa shape index (κ1) is 9.70. The van der Waals surface area contributed by atoms with Crippen molar-refractivity contribution >= 4 is 6.03 Å². The lowest BCUT2D eigenvalue weighted by Gasteiger charge is -2.20. The SMILES string of the molecule is CC(C)(C)n1cnc2c(c1=O)=NC(=O)N=2. The third-order valence-electron chi connectivity index (χ3n) is 2.06. The van der Waals surface area contributed by atoms with Crippen molar-refractivity contribution in [1.82, 2.24) is 9.55 Å². The van der Waals surface area contributed by atoms with Crippen LogP contribution in [0.3, 0.4) is 0 Å². The van der Waals surface area contributed by atoms with Gasteiger partial charge in [0.25, 0.3) is 5.56 Å². The monoisotopic (exact) mass is 206 g/mol. The van der Waals surface area contributed by atoms with Crippen LogP contribution in [0.1, 0.15) is 20.8 Å². The molecule has 0 saturated carbocycles. The van der Waals surface area contributed by atoms with E-state index in [4.69, 9.17) is 0 Å². The van der Waals surface area contributed by atoms with Crippen molar-refractivity contribution in [2.45, 2.75) is 26.3 Å². The zero-order chi connectivity index (χ0) is 11.2. The molecule has 78 valence electrons. The van der Waals surface area contributed by atoms with Gasteiger partial charge in [-0.05, 0) is 20.8 Å². The molecule has 15 heavy (non-hydrogen) atoms. The molecule has 0 unspecified atom stereocenters. The van der Waals surface area contributed by atoms with Crippen LogP contribution in [0, 0.1) is 0 Å². The zero-order valence-electron chi connectivity index (χ0n) is 8.68. The molecule has 0 bridgehead atoms. The van der Waals surface area contributed by atoms with E-state index in [1.165, 1.54) is 10.9 Å². The third kappa shape index (κ3) is 1.47. The molecule has 1 aromatic rings. The largest absolute Gasteiger partial charge is 0.370 e. The fraction of sp³-hybridized carbons (Fsp3) is 0.444. The van der Waals surface area contributed by atoms with E-state index in [2.05, 4.69) is 15.0 Å². The van der Waals surface area contributed by atoms with Crippen LogP contribution in [-0.4, -0.2) is 15.6 Å². The summed E-state index contributed by atoms with van der Waals surface area (Å²) >= 11 is 0. The summed E-state index contributed by atoms with van der Waals surface area (Å²) in [6.45, 7) is 5.61. The number of fused-ring (bicyclic) bond motifs is 1. The molecular formula is C9H10N4O2. The quantitative estimate of drug-likeness (QED) is 0.567. The highest BCUT2D eigenvalue weighted by molar-refractivity contribution is 5.77. The molecule has 0 aliphatic carbocycles. The van der Waals surface area contributed by atoms with Crippen molar-refractivity contribution in [3.8, 4) is 0 Å². The van der Waals surface area contributed by atoms with Crippen molar-refractivity contribution in [3.63, 3.8) is 0 Å². The maximum Gasteiger partial charge on any atom is 0.370 e. The Morgan fingerprint density at radius 3 is 2.47 bits per heavy atom. The van der Waals surface area contributed by atoms with E-state index in [1.54, 1.807) is 0 Å². The van der Waals surface area contributed by atoms with Gasteiger partial charge in [0.2, 0.25) is 0 Å². The lowest BCUT2D eigenvalue weighted by molar-refractivity contribution is 0.256. The molecule has 1 aromatic heterocycles. The van der Waals surface area contributed by atoms with Gasteiger partial charge in [0.1, 0.15) is 6.33 Å². The number of aromatic nitrogens is 2. The summed E-state index contributed by atoms with van der Waals surface area (Å²) in [5, 5.41) is 0.0393. The molecule has 2 heterocycles. The van der Waals surface area contributed by atoms with E-state index in [1.807, 2.05) is 20.8 Å². The number of hydrogen-bond donors (Lipinski definition) is 0. The van der Waals surface area contributed by atoms with Crippen molar-refractivity contribution in [1.29, 1.82) is 0 Å². The summed E-state index contributed by atoms with van der Waals surface area (Å²) < 4.78 is 1.43. The lowest BCUT2D eigenvalue weighted by Crippen LogP contribution is -2.49. The molecular weight excluding hydrogens is 196 g/mol. The Labute approximate surface area is 85.0 Å². The van der Waals surface area contributed by atoms with Crippen LogP contribution in [-0.2, 0) is 5.54 Å². The van der Waals surface area contributed by atoms with Gasteiger partial charge >= 0.3 is 6.03 Å². The van der Waals surface area contributed by atoms with Crippen LogP contribution < -0.4 is 16.4 Å². The number of carbonyl (C=O) groups is 1. The Morgan fingerprint density at radius 1 is 1.20 bits per heavy atom. The minimum absolute atomic E-state index is 0.0393. The van der Waals surface area contributed by atoms with Crippen LogP contribution in [0.4, 0.5) is 4.79 Å². The van der Waals surface area contributed by atoms with Gasteiger partial charge in [-0.2, -0.15) is 9.98 Å². The fourth-order valence-electron chi connectivity index (χ4n) is 1.30. The van der Waals surface area contributed by atoms with Crippen LogP contribution in [0.2, 0.25) is 0 Å². The second kappa shape index (κ2) is 2.82. The molecule has 1 aliphatic rings. The van der Waals surface area contributed by atoms with Crippen molar-refractivity contribution in [2.24, 2.45) is 9.98 Å². The van der Waals surface area contributed by atoms with Gasteiger partial charge in [-0.15, -0.1) is 0 Å². The van der Waals surface area contributed by atoms with E-state index in [0.29, 0.717) is 0 Å². The fourth-order valence-corrected chi connectivity index (χ4v) is 1.30. The minimum atomic E-state index is -0.666. The number of carbonyl (C=O) groups excluding carboxylic acids is 1. The number of nitrogens with zero attached hydrogens (tertiary/aromatic N) is 4. The van der Waals surface area contributed by atoms with E-state index < -0.39 is 6.03 Å².